The first-order valence-corrected chi connectivity index (χ1v) is 15.4. The van der Waals surface area contributed by atoms with Crippen molar-refractivity contribution in [3.63, 3.8) is 0 Å². The van der Waals surface area contributed by atoms with E-state index in [4.69, 9.17) is 14.2 Å². The van der Waals surface area contributed by atoms with Gasteiger partial charge in [0, 0.05) is 0 Å². The molecule has 0 aliphatic carbocycles. The Morgan fingerprint density at radius 3 is 1.67 bits per heavy atom. The molecule has 0 N–H and O–H groups in total. The van der Waals surface area contributed by atoms with Crippen LogP contribution in [0.15, 0.2) is 66.7 Å². The molecule has 0 saturated heterocycles. The molecule has 262 valence electrons. The number of ether oxygens (including phenoxy) is 4. The molecular formula is C32H28F9IO6. The van der Waals surface area contributed by atoms with Crippen molar-refractivity contribution in [1.29, 1.82) is 0 Å². The first-order chi connectivity index (χ1) is 22.4. The summed E-state index contributed by atoms with van der Waals surface area (Å²) in [6.07, 6.45) is -6.54. The standard InChI is InChI=1S/C32H28F9IO6/c1-2-3-4-5-6-7-18-45-22-12-8-21(9-13-22)28(44)47-26-17-16-24(19-25(26)42)46-27(43)20-10-14-23(15-11-20)48-32(40,41)30(35,36)29(33,34)31(37,38)39/h8-17,19H,2-7,18H2,1H3. The van der Waals surface area contributed by atoms with Crippen LogP contribution < -0.4 is 18.9 Å². The van der Waals surface area contributed by atoms with Gasteiger partial charge in [0.25, 0.3) is 0 Å². The number of esters is 2. The summed E-state index contributed by atoms with van der Waals surface area (Å²) in [4.78, 5) is 25.1. The highest BCUT2D eigenvalue weighted by Gasteiger charge is 2.83. The van der Waals surface area contributed by atoms with Gasteiger partial charge >= 0.3 is 36.1 Å². The van der Waals surface area contributed by atoms with Crippen molar-refractivity contribution in [3.8, 4) is 23.0 Å². The van der Waals surface area contributed by atoms with Crippen molar-refractivity contribution in [2.45, 2.75) is 69.6 Å². The van der Waals surface area contributed by atoms with E-state index in [2.05, 4.69) is 11.7 Å². The maximum atomic E-state index is 13.7. The molecule has 0 spiro atoms. The normalized spacial score (nSPS) is 12.4. The third-order valence-corrected chi connectivity index (χ3v) is 7.47. The molecule has 6 nitrogen and oxygen atoms in total. The molecule has 0 heterocycles. The number of hydrogen-bond donors (Lipinski definition) is 0. The summed E-state index contributed by atoms with van der Waals surface area (Å²) in [5.74, 6) is -16.4. The van der Waals surface area contributed by atoms with E-state index >= 15 is 0 Å². The number of carbonyl (C=O) groups is 2. The molecule has 0 bridgehead atoms. The summed E-state index contributed by atoms with van der Waals surface area (Å²) in [6.45, 7) is 2.71. The van der Waals surface area contributed by atoms with Gasteiger partial charge < -0.3 is 18.9 Å². The fourth-order valence-corrected chi connectivity index (χ4v) is 4.54. The van der Waals surface area contributed by atoms with Crippen LogP contribution in [0.5, 0.6) is 23.0 Å². The van der Waals surface area contributed by atoms with Gasteiger partial charge in [0.15, 0.2) is 0 Å². The van der Waals surface area contributed by atoms with Gasteiger partial charge in [-0.3, -0.25) is 0 Å². The molecule has 0 fully saturated rings. The van der Waals surface area contributed by atoms with Gasteiger partial charge in [-0.05, 0) is 95.7 Å². The third-order valence-electron chi connectivity index (χ3n) is 6.63. The van der Waals surface area contributed by atoms with E-state index in [0.717, 1.165) is 31.4 Å². The van der Waals surface area contributed by atoms with Crippen LogP contribution in [-0.2, 0) is 0 Å². The van der Waals surface area contributed by atoms with Crippen LogP contribution in [0.4, 0.5) is 39.5 Å². The first kappa shape index (κ1) is 38.7. The lowest BCUT2D eigenvalue weighted by atomic mass is 10.1. The van der Waals surface area contributed by atoms with Crippen molar-refractivity contribution in [2.75, 3.05) is 6.61 Å². The lowest BCUT2D eigenvalue weighted by molar-refractivity contribution is -0.428. The summed E-state index contributed by atoms with van der Waals surface area (Å²) in [7, 11) is 0. The van der Waals surface area contributed by atoms with Gasteiger partial charge in [-0.1, -0.05) is 39.0 Å². The minimum atomic E-state index is -7.12. The molecule has 48 heavy (non-hydrogen) atoms. The quantitative estimate of drug-likeness (QED) is 0.0472. The van der Waals surface area contributed by atoms with Gasteiger partial charge in [-0.25, -0.2) is 9.59 Å². The largest absolute Gasteiger partial charge is 0.494 e. The Labute approximate surface area is 282 Å². The molecular weight excluding hydrogens is 778 g/mol. The number of halogens is 10. The highest BCUT2D eigenvalue weighted by atomic mass is 127. The maximum absolute atomic E-state index is 13.7. The van der Waals surface area contributed by atoms with Crippen LogP contribution >= 0.6 is 22.6 Å². The minimum Gasteiger partial charge on any atom is -0.494 e. The average molecular weight is 806 g/mol. The number of rotatable bonds is 16. The monoisotopic (exact) mass is 806 g/mol. The van der Waals surface area contributed by atoms with Crippen molar-refractivity contribution in [1.82, 2.24) is 0 Å². The minimum absolute atomic E-state index is 0.0584. The Morgan fingerprint density at radius 2 is 1.12 bits per heavy atom. The number of carbonyl (C=O) groups excluding carboxylic acids is 2. The number of hydrogen-bond acceptors (Lipinski definition) is 6. The van der Waals surface area contributed by atoms with E-state index in [0.29, 0.717) is 28.1 Å². The summed E-state index contributed by atoms with van der Waals surface area (Å²) in [5.41, 5.74) is -0.112. The van der Waals surface area contributed by atoms with Crippen LogP contribution in [0.2, 0.25) is 0 Å². The molecule has 0 aliphatic heterocycles. The Bertz CT molecular complexity index is 1530. The fourth-order valence-electron chi connectivity index (χ4n) is 3.94. The smallest absolute Gasteiger partial charge is 0.471 e. The molecule has 3 aromatic rings. The van der Waals surface area contributed by atoms with Crippen LogP contribution in [0.1, 0.15) is 66.2 Å². The molecule has 3 aromatic carbocycles. The second-order valence-electron chi connectivity index (χ2n) is 10.3. The van der Waals surface area contributed by atoms with Crippen LogP contribution in [0, 0.1) is 3.57 Å². The van der Waals surface area contributed by atoms with Gasteiger partial charge in [-0.15, -0.1) is 0 Å². The Morgan fingerprint density at radius 1 is 0.625 bits per heavy atom. The summed E-state index contributed by atoms with van der Waals surface area (Å²) < 4.78 is 137. The predicted molar refractivity (Wildman–Crippen MR) is 162 cm³/mol. The van der Waals surface area contributed by atoms with E-state index in [1.165, 1.54) is 37.5 Å². The van der Waals surface area contributed by atoms with Gasteiger partial charge in [0.1, 0.15) is 23.0 Å². The predicted octanol–water partition coefficient (Wildman–Crippen LogP) is 10.3. The summed E-state index contributed by atoms with van der Waals surface area (Å²) >= 11 is 1.81. The van der Waals surface area contributed by atoms with Crippen molar-refractivity contribution in [3.05, 3.63) is 81.4 Å². The van der Waals surface area contributed by atoms with Gasteiger partial charge in [-0.2, -0.15) is 39.5 Å². The van der Waals surface area contributed by atoms with Crippen molar-refractivity contribution < 1.29 is 68.1 Å². The Balaban J connectivity index is 1.55. The van der Waals surface area contributed by atoms with E-state index < -0.39 is 41.8 Å². The summed E-state index contributed by atoms with van der Waals surface area (Å²) in [5, 5.41) is 0. The van der Waals surface area contributed by atoms with Crippen LogP contribution in [0.3, 0.4) is 0 Å². The van der Waals surface area contributed by atoms with Gasteiger partial charge in [0.2, 0.25) is 0 Å². The molecule has 0 aromatic heterocycles. The lowest BCUT2D eigenvalue weighted by Gasteiger charge is -2.33. The molecule has 0 amide bonds. The molecule has 16 heteroatoms. The van der Waals surface area contributed by atoms with E-state index in [1.54, 1.807) is 46.9 Å². The molecule has 0 aliphatic rings. The van der Waals surface area contributed by atoms with E-state index in [1.807, 2.05) is 0 Å². The second kappa shape index (κ2) is 16.1. The molecule has 0 atom stereocenters. The lowest BCUT2D eigenvalue weighted by Crippen LogP contribution is -2.62. The molecule has 0 unspecified atom stereocenters. The van der Waals surface area contributed by atoms with Crippen LogP contribution in [-0.4, -0.2) is 42.7 Å². The fraction of sp³-hybridized carbons (Fsp3) is 0.375. The zero-order chi connectivity index (χ0) is 35.8. The Hall–Kier alpha value is -3.70. The highest BCUT2D eigenvalue weighted by molar-refractivity contribution is 14.1. The van der Waals surface area contributed by atoms with E-state index in [-0.39, 0.29) is 22.6 Å². The van der Waals surface area contributed by atoms with E-state index in [9.17, 15) is 49.1 Å². The highest BCUT2D eigenvalue weighted by Crippen LogP contribution is 2.53. The molecule has 0 saturated carbocycles. The van der Waals surface area contributed by atoms with Gasteiger partial charge in [0.05, 0.1) is 21.3 Å². The van der Waals surface area contributed by atoms with Crippen molar-refractivity contribution in [2.24, 2.45) is 0 Å². The average Bonchev–Trinajstić information content (AvgIpc) is 3.01. The maximum Gasteiger partial charge on any atom is 0.471 e. The number of benzene rings is 3. The summed E-state index contributed by atoms with van der Waals surface area (Å²) in [6, 6.07) is 12.7. The molecule has 0 radical (unpaired) electrons. The zero-order valence-corrected chi connectivity index (χ0v) is 27.2. The Kier molecular flexibility index (Phi) is 13.0. The zero-order valence-electron chi connectivity index (χ0n) is 25.0. The second-order valence-corrected chi connectivity index (χ2v) is 11.5. The number of alkyl halides is 9. The third kappa shape index (κ3) is 9.69. The van der Waals surface area contributed by atoms with Crippen LogP contribution in [0.25, 0.3) is 0 Å². The first-order valence-electron chi connectivity index (χ1n) is 14.4. The van der Waals surface area contributed by atoms with Crippen molar-refractivity contribution >= 4 is 34.5 Å². The molecule has 3 rings (SSSR count). The number of unbranched alkanes of at least 4 members (excludes halogenated alkanes) is 5. The topological polar surface area (TPSA) is 71.1 Å². The SMILES string of the molecule is CCCCCCCCOc1ccc(C(=O)Oc2ccc(OC(=O)c3ccc(OC(F)(F)C(F)(F)C(F)(F)C(F)(F)F)cc3)cc2I)cc1.